The fourth-order valence-electron chi connectivity index (χ4n) is 1.28. The summed E-state index contributed by atoms with van der Waals surface area (Å²) in [7, 11) is 0. The van der Waals surface area contributed by atoms with E-state index in [1.54, 1.807) is 6.92 Å². The average molecular weight is 309 g/mol. The predicted molar refractivity (Wildman–Crippen MR) is 60.7 cm³/mol. The zero-order chi connectivity index (χ0) is 13.0. The van der Waals surface area contributed by atoms with Crippen molar-refractivity contribution in [3.63, 3.8) is 0 Å². The van der Waals surface area contributed by atoms with Crippen LogP contribution in [0.25, 0.3) is 0 Å². The first kappa shape index (κ1) is 14.0. The van der Waals surface area contributed by atoms with Crippen molar-refractivity contribution in [1.82, 2.24) is 4.98 Å². The van der Waals surface area contributed by atoms with Crippen molar-refractivity contribution in [3.8, 4) is 0 Å². The Morgan fingerprint density at radius 2 is 2.29 bits per heavy atom. The Kier molecular flexibility index (Phi) is 4.95. The van der Waals surface area contributed by atoms with Gasteiger partial charge in [0.15, 0.2) is 0 Å². The fourth-order valence-corrected chi connectivity index (χ4v) is 1.90. The number of ether oxygens (including phenoxy) is 1. The summed E-state index contributed by atoms with van der Waals surface area (Å²) in [6.45, 7) is 1.79. The highest BCUT2D eigenvalue weighted by molar-refractivity contribution is 9.10. The van der Waals surface area contributed by atoms with Crippen LogP contribution < -0.4 is 5.73 Å². The highest BCUT2D eigenvalue weighted by atomic mass is 79.9. The van der Waals surface area contributed by atoms with Crippen LogP contribution in [0.1, 0.15) is 35.0 Å². The third-order valence-electron chi connectivity index (χ3n) is 2.00. The molecule has 0 atom stereocenters. The number of aromatic nitrogens is 1. The minimum atomic E-state index is -2.71. The molecule has 0 aliphatic heterocycles. The maximum absolute atomic E-state index is 12.5. The van der Waals surface area contributed by atoms with Gasteiger partial charge >= 0.3 is 5.97 Å². The molecule has 0 bridgehead atoms. The van der Waals surface area contributed by atoms with Crippen molar-refractivity contribution in [2.24, 2.45) is 5.73 Å². The minimum absolute atomic E-state index is 0.0224. The Morgan fingerprint density at radius 3 is 2.76 bits per heavy atom. The summed E-state index contributed by atoms with van der Waals surface area (Å²) < 4.78 is 29.8. The molecule has 1 heterocycles. The van der Waals surface area contributed by atoms with E-state index in [4.69, 9.17) is 10.5 Å². The molecule has 94 valence electrons. The normalized spacial score (nSPS) is 10.7. The Labute approximate surface area is 105 Å². The summed E-state index contributed by atoms with van der Waals surface area (Å²) in [5.41, 5.74) is 5.37. The lowest BCUT2D eigenvalue weighted by Gasteiger charge is -2.10. The van der Waals surface area contributed by atoms with Gasteiger partial charge in [-0.1, -0.05) is 0 Å². The molecule has 2 N–H and O–H groups in total. The van der Waals surface area contributed by atoms with Gasteiger partial charge in [-0.2, -0.15) is 0 Å². The molecule has 4 nitrogen and oxygen atoms in total. The Hall–Kier alpha value is -1.08. The molecular weight excluding hydrogens is 298 g/mol. The van der Waals surface area contributed by atoms with Gasteiger partial charge in [-0.05, 0) is 34.5 Å². The third kappa shape index (κ3) is 3.19. The van der Waals surface area contributed by atoms with Crippen molar-refractivity contribution in [2.45, 2.75) is 19.9 Å². The summed E-state index contributed by atoms with van der Waals surface area (Å²) in [5, 5.41) is 0. The number of alkyl halides is 2. The Bertz CT molecular complexity index is 427. The Balaban J connectivity index is 3.25. The van der Waals surface area contributed by atoms with Gasteiger partial charge in [0.25, 0.3) is 6.43 Å². The number of carbonyl (C=O) groups excluding carboxylic acids is 1. The van der Waals surface area contributed by atoms with Gasteiger partial charge in [0.1, 0.15) is 10.3 Å². The number of carbonyl (C=O) groups is 1. The molecule has 0 spiro atoms. The number of nitrogens with two attached hydrogens (primary N) is 1. The van der Waals surface area contributed by atoms with E-state index in [1.165, 1.54) is 0 Å². The summed E-state index contributed by atoms with van der Waals surface area (Å²) in [4.78, 5) is 15.2. The van der Waals surface area contributed by atoms with Gasteiger partial charge in [0.2, 0.25) is 0 Å². The monoisotopic (exact) mass is 308 g/mol. The maximum Gasteiger partial charge on any atom is 0.341 e. The van der Waals surface area contributed by atoms with Crippen molar-refractivity contribution in [1.29, 1.82) is 0 Å². The number of rotatable bonds is 4. The molecule has 0 saturated carbocycles. The molecule has 7 heteroatoms. The van der Waals surface area contributed by atoms with Crippen LogP contribution >= 0.6 is 15.9 Å². The predicted octanol–water partition coefficient (Wildman–Crippen LogP) is 2.42. The molecule has 0 saturated heterocycles. The van der Waals surface area contributed by atoms with Crippen LogP contribution in [0.5, 0.6) is 0 Å². The van der Waals surface area contributed by atoms with E-state index in [-0.39, 0.29) is 28.9 Å². The standard InChI is InChI=1S/C10H11BrF2N2O2/c1-2-17-10(16)7-5(4-14)3-6(9(12)13)15-8(7)11/h3,9H,2,4,14H2,1H3. The van der Waals surface area contributed by atoms with E-state index >= 15 is 0 Å². The number of halogens is 3. The van der Waals surface area contributed by atoms with Gasteiger partial charge in [0.05, 0.1) is 12.2 Å². The number of esters is 1. The largest absolute Gasteiger partial charge is 0.462 e. The number of hydrogen-bond donors (Lipinski definition) is 1. The molecule has 1 aromatic heterocycles. The minimum Gasteiger partial charge on any atom is -0.462 e. The molecule has 0 radical (unpaired) electrons. The summed E-state index contributed by atoms with van der Waals surface area (Å²) in [6, 6.07) is 1.11. The third-order valence-corrected chi connectivity index (χ3v) is 2.57. The topological polar surface area (TPSA) is 65.2 Å². The van der Waals surface area contributed by atoms with E-state index < -0.39 is 18.1 Å². The summed E-state index contributed by atoms with van der Waals surface area (Å²) in [6.07, 6.45) is -2.71. The first-order valence-electron chi connectivity index (χ1n) is 4.85. The smallest absolute Gasteiger partial charge is 0.341 e. The molecule has 0 fully saturated rings. The molecule has 0 unspecified atom stereocenters. The van der Waals surface area contributed by atoms with Crippen LogP contribution in [0.4, 0.5) is 8.78 Å². The molecular formula is C10H11BrF2N2O2. The number of nitrogens with zero attached hydrogens (tertiary/aromatic N) is 1. The summed E-state index contributed by atoms with van der Waals surface area (Å²) in [5.74, 6) is -0.631. The van der Waals surface area contributed by atoms with Gasteiger partial charge < -0.3 is 10.5 Å². The number of hydrogen-bond acceptors (Lipinski definition) is 4. The van der Waals surface area contributed by atoms with Gasteiger partial charge in [-0.25, -0.2) is 18.6 Å². The van der Waals surface area contributed by atoms with Gasteiger partial charge in [-0.3, -0.25) is 0 Å². The summed E-state index contributed by atoms with van der Waals surface area (Å²) >= 11 is 2.98. The molecule has 1 rings (SSSR count). The zero-order valence-electron chi connectivity index (χ0n) is 9.04. The van der Waals surface area contributed by atoms with Crippen LogP contribution in [0.2, 0.25) is 0 Å². The second kappa shape index (κ2) is 6.02. The van der Waals surface area contributed by atoms with E-state index in [0.29, 0.717) is 0 Å². The average Bonchev–Trinajstić information content (AvgIpc) is 2.27. The highest BCUT2D eigenvalue weighted by Gasteiger charge is 2.21. The first-order valence-corrected chi connectivity index (χ1v) is 5.65. The molecule has 1 aromatic rings. The van der Waals surface area contributed by atoms with Crippen molar-refractivity contribution in [2.75, 3.05) is 6.61 Å². The maximum atomic E-state index is 12.5. The van der Waals surface area contributed by atoms with Gasteiger partial charge in [0, 0.05) is 6.54 Å². The second-order valence-electron chi connectivity index (χ2n) is 3.10. The van der Waals surface area contributed by atoms with Crippen molar-refractivity contribution < 1.29 is 18.3 Å². The molecule has 0 aliphatic rings. The van der Waals surface area contributed by atoms with Gasteiger partial charge in [-0.15, -0.1) is 0 Å². The SMILES string of the molecule is CCOC(=O)c1c(CN)cc(C(F)F)nc1Br. The van der Waals surface area contributed by atoms with Crippen molar-refractivity contribution >= 4 is 21.9 Å². The highest BCUT2D eigenvalue weighted by Crippen LogP contribution is 2.25. The van der Waals surface area contributed by atoms with Crippen molar-refractivity contribution in [3.05, 3.63) is 27.5 Å². The lowest BCUT2D eigenvalue weighted by Crippen LogP contribution is -2.14. The van der Waals surface area contributed by atoms with E-state index in [9.17, 15) is 13.6 Å². The van der Waals surface area contributed by atoms with Crippen LogP contribution in [-0.2, 0) is 11.3 Å². The quantitative estimate of drug-likeness (QED) is 0.685. The van der Waals surface area contributed by atoms with Crippen LogP contribution in [0, 0.1) is 0 Å². The van der Waals surface area contributed by atoms with Crippen LogP contribution in [0.15, 0.2) is 10.7 Å². The fraction of sp³-hybridized carbons (Fsp3) is 0.400. The molecule has 0 aromatic carbocycles. The van der Waals surface area contributed by atoms with E-state index in [1.807, 2.05) is 0 Å². The molecule has 0 amide bonds. The molecule has 17 heavy (non-hydrogen) atoms. The zero-order valence-corrected chi connectivity index (χ0v) is 10.6. The Morgan fingerprint density at radius 1 is 1.65 bits per heavy atom. The molecule has 0 aliphatic carbocycles. The van der Waals surface area contributed by atoms with Crippen LogP contribution in [0.3, 0.4) is 0 Å². The lowest BCUT2D eigenvalue weighted by molar-refractivity contribution is 0.0522. The van der Waals surface area contributed by atoms with Crippen LogP contribution in [-0.4, -0.2) is 17.6 Å². The van der Waals surface area contributed by atoms with E-state index in [0.717, 1.165) is 6.07 Å². The number of pyridine rings is 1. The lowest BCUT2D eigenvalue weighted by atomic mass is 10.1. The second-order valence-corrected chi connectivity index (χ2v) is 3.85. The first-order chi connectivity index (χ1) is 8.01. The van der Waals surface area contributed by atoms with E-state index in [2.05, 4.69) is 20.9 Å².